The first-order chi connectivity index (χ1) is 8.65. The molecule has 0 spiro atoms. The largest absolute Gasteiger partial charge is 0.468 e. The minimum Gasteiger partial charge on any atom is -0.468 e. The molecule has 1 unspecified atom stereocenters. The van der Waals surface area contributed by atoms with Crippen molar-refractivity contribution in [1.82, 2.24) is 10.2 Å². The zero-order valence-electron chi connectivity index (χ0n) is 10.8. The first-order valence-electron chi connectivity index (χ1n) is 6.35. The zero-order valence-corrected chi connectivity index (χ0v) is 12.4. The summed E-state index contributed by atoms with van der Waals surface area (Å²) in [6.45, 7) is 2.85. The molecule has 1 aliphatic heterocycles. The third kappa shape index (κ3) is 5.35. The molecule has 5 nitrogen and oxygen atoms in total. The van der Waals surface area contributed by atoms with E-state index < -0.39 is 0 Å². The monoisotopic (exact) mass is 320 g/mol. The summed E-state index contributed by atoms with van der Waals surface area (Å²) in [5.74, 6) is -0.101. The van der Waals surface area contributed by atoms with E-state index in [0.29, 0.717) is 19.5 Å². The van der Waals surface area contributed by atoms with Gasteiger partial charge in [0, 0.05) is 32.6 Å². The number of nitrogens with zero attached hydrogens (tertiary/aromatic N) is 1. The molecule has 0 saturated carbocycles. The number of carbonyl (C=O) groups excluding carboxylic acids is 2. The van der Waals surface area contributed by atoms with E-state index in [1.54, 1.807) is 0 Å². The van der Waals surface area contributed by atoms with Crippen molar-refractivity contribution in [2.75, 3.05) is 33.3 Å². The number of ether oxygens (including phenoxy) is 1. The number of rotatable bonds is 6. The molecule has 1 amide bonds. The van der Waals surface area contributed by atoms with E-state index in [2.05, 4.69) is 26.0 Å². The molecule has 1 fully saturated rings. The number of hydrogen-bond donors (Lipinski definition) is 1. The lowest BCUT2D eigenvalue weighted by Crippen LogP contribution is -2.38. The number of amides is 1. The van der Waals surface area contributed by atoms with Crippen LogP contribution < -0.4 is 5.32 Å². The molecule has 1 saturated heterocycles. The van der Waals surface area contributed by atoms with Crippen molar-refractivity contribution >= 4 is 27.8 Å². The second-order valence-corrected chi connectivity index (χ2v) is 5.49. The van der Waals surface area contributed by atoms with Crippen LogP contribution in [-0.2, 0) is 14.3 Å². The lowest BCUT2D eigenvalue weighted by Gasteiger charge is -2.26. The molecule has 0 aromatic rings. The minimum absolute atomic E-state index is 0.200. The van der Waals surface area contributed by atoms with Crippen LogP contribution in [0, 0.1) is 0 Å². The van der Waals surface area contributed by atoms with E-state index in [1.807, 2.05) is 4.90 Å². The van der Waals surface area contributed by atoms with E-state index in [9.17, 15) is 9.59 Å². The molecule has 1 heterocycles. The van der Waals surface area contributed by atoms with Crippen molar-refractivity contribution in [1.29, 1.82) is 0 Å². The lowest BCUT2D eigenvalue weighted by molar-refractivity contribution is -0.139. The molecule has 18 heavy (non-hydrogen) atoms. The van der Waals surface area contributed by atoms with Crippen LogP contribution >= 0.6 is 15.9 Å². The highest BCUT2D eigenvalue weighted by Crippen LogP contribution is 2.09. The van der Waals surface area contributed by atoms with Gasteiger partial charge >= 0.3 is 5.97 Å². The smallest absolute Gasteiger partial charge is 0.320 e. The maximum absolute atomic E-state index is 11.8. The summed E-state index contributed by atoms with van der Waals surface area (Å²) < 4.78 is 4.58. The Bertz CT molecular complexity index is 280. The molecule has 0 aromatic heterocycles. The third-order valence-electron chi connectivity index (χ3n) is 3.00. The minimum atomic E-state index is -0.354. The van der Waals surface area contributed by atoms with Crippen LogP contribution in [0.4, 0.5) is 0 Å². The van der Waals surface area contributed by atoms with E-state index in [1.165, 1.54) is 13.5 Å². The van der Waals surface area contributed by atoms with Gasteiger partial charge in [-0.05, 0) is 19.3 Å². The number of halogens is 1. The standard InChI is InChI=1S/C12H21BrN2O3/c1-18-12(17)10(13)9-14-6-5-11(16)15-7-3-2-4-8-15/h10,14H,2-9H2,1H3. The number of carbonyl (C=O) groups is 2. The van der Waals surface area contributed by atoms with E-state index in [4.69, 9.17) is 0 Å². The lowest BCUT2D eigenvalue weighted by atomic mass is 10.1. The topological polar surface area (TPSA) is 58.6 Å². The summed E-state index contributed by atoms with van der Waals surface area (Å²) in [6.07, 6.45) is 3.95. The van der Waals surface area contributed by atoms with Crippen molar-refractivity contribution in [2.45, 2.75) is 30.5 Å². The van der Waals surface area contributed by atoms with Gasteiger partial charge in [-0.15, -0.1) is 0 Å². The average Bonchev–Trinajstić information content (AvgIpc) is 2.43. The van der Waals surface area contributed by atoms with Gasteiger partial charge in [0.2, 0.25) is 5.91 Å². The number of nitrogens with one attached hydrogen (secondary N) is 1. The number of likely N-dealkylation sites (tertiary alicyclic amines) is 1. The van der Waals surface area contributed by atoms with Crippen LogP contribution in [0.5, 0.6) is 0 Å². The molecular formula is C12H21BrN2O3. The van der Waals surface area contributed by atoms with Crippen molar-refractivity contribution in [2.24, 2.45) is 0 Å². The maximum Gasteiger partial charge on any atom is 0.320 e. The Morgan fingerprint density at radius 1 is 1.33 bits per heavy atom. The summed E-state index contributed by atoms with van der Waals surface area (Å²) in [5.41, 5.74) is 0. The predicted molar refractivity (Wildman–Crippen MR) is 72.6 cm³/mol. The summed E-state index contributed by atoms with van der Waals surface area (Å²) >= 11 is 3.21. The molecule has 0 aliphatic carbocycles. The van der Waals surface area contributed by atoms with Crippen LogP contribution in [0.15, 0.2) is 0 Å². The zero-order chi connectivity index (χ0) is 13.4. The molecule has 0 radical (unpaired) electrons. The highest BCUT2D eigenvalue weighted by atomic mass is 79.9. The van der Waals surface area contributed by atoms with Gasteiger partial charge in [-0.1, -0.05) is 15.9 Å². The second-order valence-electron chi connectivity index (χ2n) is 4.39. The van der Waals surface area contributed by atoms with Crippen molar-refractivity contribution in [3.63, 3.8) is 0 Å². The first kappa shape index (κ1) is 15.4. The molecule has 1 N–H and O–H groups in total. The summed E-state index contributed by atoms with van der Waals surface area (Å²) in [6, 6.07) is 0. The quantitative estimate of drug-likeness (QED) is 0.449. The average molecular weight is 321 g/mol. The first-order valence-corrected chi connectivity index (χ1v) is 7.27. The Hall–Kier alpha value is -0.620. The highest BCUT2D eigenvalue weighted by Gasteiger charge is 2.17. The Morgan fingerprint density at radius 3 is 2.61 bits per heavy atom. The summed E-state index contributed by atoms with van der Waals surface area (Å²) in [4.78, 5) is 24.5. The molecule has 6 heteroatoms. The summed E-state index contributed by atoms with van der Waals surface area (Å²) in [7, 11) is 1.36. The predicted octanol–water partition coefficient (Wildman–Crippen LogP) is 0.915. The van der Waals surface area contributed by atoms with Gasteiger partial charge in [-0.2, -0.15) is 0 Å². The van der Waals surface area contributed by atoms with E-state index in [-0.39, 0.29) is 16.7 Å². The van der Waals surface area contributed by atoms with Crippen LogP contribution in [0.3, 0.4) is 0 Å². The van der Waals surface area contributed by atoms with Gasteiger partial charge < -0.3 is 15.0 Å². The van der Waals surface area contributed by atoms with Gasteiger partial charge in [-0.3, -0.25) is 9.59 Å². The number of alkyl halides is 1. The Kier molecular flexibility index (Phi) is 7.27. The second kappa shape index (κ2) is 8.48. The molecule has 1 atom stereocenters. The number of esters is 1. The molecule has 1 aliphatic rings. The Labute approximate surface area is 116 Å². The molecule has 0 aromatic carbocycles. The fraction of sp³-hybridized carbons (Fsp3) is 0.833. The molecule has 0 bridgehead atoms. The number of hydrogen-bond acceptors (Lipinski definition) is 4. The fourth-order valence-electron chi connectivity index (χ4n) is 1.94. The fourth-order valence-corrected chi connectivity index (χ4v) is 2.35. The van der Waals surface area contributed by atoms with Gasteiger partial charge in [0.15, 0.2) is 0 Å². The summed E-state index contributed by atoms with van der Waals surface area (Å²) in [5, 5.41) is 3.08. The van der Waals surface area contributed by atoms with Crippen LogP contribution in [0.2, 0.25) is 0 Å². The van der Waals surface area contributed by atoms with Crippen LogP contribution in [-0.4, -0.2) is 54.9 Å². The van der Waals surface area contributed by atoms with Gasteiger partial charge in [0.25, 0.3) is 0 Å². The molecule has 104 valence electrons. The highest BCUT2D eigenvalue weighted by molar-refractivity contribution is 9.10. The maximum atomic E-state index is 11.8. The van der Waals surface area contributed by atoms with Gasteiger partial charge in [0.1, 0.15) is 4.83 Å². The SMILES string of the molecule is COC(=O)C(Br)CNCCC(=O)N1CCCCC1. The molecular weight excluding hydrogens is 300 g/mol. The molecule has 1 rings (SSSR count). The van der Waals surface area contributed by atoms with Gasteiger partial charge in [-0.25, -0.2) is 0 Å². The van der Waals surface area contributed by atoms with Crippen LogP contribution in [0.25, 0.3) is 0 Å². The van der Waals surface area contributed by atoms with Crippen LogP contribution in [0.1, 0.15) is 25.7 Å². The number of methoxy groups -OCH3 is 1. The Balaban J connectivity index is 2.10. The third-order valence-corrected chi connectivity index (χ3v) is 3.70. The van der Waals surface area contributed by atoms with E-state index >= 15 is 0 Å². The van der Waals surface area contributed by atoms with E-state index in [0.717, 1.165) is 25.9 Å². The number of piperidine rings is 1. The van der Waals surface area contributed by atoms with Gasteiger partial charge in [0.05, 0.1) is 7.11 Å². The normalized spacial score (nSPS) is 17.3. The van der Waals surface area contributed by atoms with Crippen molar-refractivity contribution < 1.29 is 14.3 Å². The van der Waals surface area contributed by atoms with Crippen molar-refractivity contribution in [3.05, 3.63) is 0 Å². The van der Waals surface area contributed by atoms with Crippen molar-refractivity contribution in [3.8, 4) is 0 Å². The Morgan fingerprint density at radius 2 is 2.00 bits per heavy atom.